The van der Waals surface area contributed by atoms with Crippen molar-refractivity contribution in [1.29, 1.82) is 0 Å². The van der Waals surface area contributed by atoms with E-state index >= 15 is 0 Å². The molecular formula is C6H10Br3NO2. The van der Waals surface area contributed by atoms with E-state index in [1.54, 1.807) is 13.8 Å². The van der Waals surface area contributed by atoms with Crippen LogP contribution in [0, 0.1) is 5.92 Å². The van der Waals surface area contributed by atoms with Gasteiger partial charge in [-0.3, -0.25) is 4.79 Å². The fourth-order valence-electron chi connectivity index (χ4n) is 0.383. The quantitative estimate of drug-likeness (QED) is 0.578. The number of carbonyl (C=O) groups is 1. The Balaban J connectivity index is 4.02. The molecule has 0 fully saturated rings. The van der Waals surface area contributed by atoms with Crippen LogP contribution in [0.3, 0.4) is 0 Å². The van der Waals surface area contributed by atoms with E-state index in [9.17, 15) is 9.90 Å². The van der Waals surface area contributed by atoms with Crippen molar-refractivity contribution in [2.75, 3.05) is 0 Å². The molecule has 0 aromatic rings. The van der Waals surface area contributed by atoms with Gasteiger partial charge in [-0.05, 0) is 0 Å². The number of hydrogen-bond acceptors (Lipinski definition) is 2. The Morgan fingerprint density at radius 2 is 1.83 bits per heavy atom. The Morgan fingerprint density at radius 1 is 1.42 bits per heavy atom. The summed E-state index contributed by atoms with van der Waals surface area (Å²) in [7, 11) is 0. The summed E-state index contributed by atoms with van der Waals surface area (Å²) in [4.78, 5) is 11.1. The average molecular weight is 368 g/mol. The lowest BCUT2D eigenvalue weighted by Crippen LogP contribution is -2.44. The molecule has 0 rings (SSSR count). The molecule has 1 amide bonds. The number of alkyl halides is 3. The number of hydrogen-bond donors (Lipinski definition) is 2. The largest absolute Gasteiger partial charge is 0.370 e. The Morgan fingerprint density at radius 3 is 2.08 bits per heavy atom. The lowest BCUT2D eigenvalue weighted by atomic mass is 10.2. The van der Waals surface area contributed by atoms with E-state index in [4.69, 9.17) is 0 Å². The third-order valence-corrected chi connectivity index (χ3v) is 2.41. The summed E-state index contributed by atoms with van der Waals surface area (Å²) in [5.74, 6) is -0.347. The van der Waals surface area contributed by atoms with Crippen LogP contribution in [0.25, 0.3) is 0 Å². The molecule has 0 aliphatic carbocycles. The summed E-state index contributed by atoms with van der Waals surface area (Å²) in [6.45, 7) is 3.50. The van der Waals surface area contributed by atoms with Crippen LogP contribution < -0.4 is 5.32 Å². The van der Waals surface area contributed by atoms with E-state index in [-0.39, 0.29) is 11.8 Å². The second kappa shape index (κ2) is 4.93. The van der Waals surface area contributed by atoms with Crippen molar-refractivity contribution in [2.45, 2.75) is 22.2 Å². The lowest BCUT2D eigenvalue weighted by molar-refractivity contribution is -0.126. The molecule has 0 aliphatic heterocycles. The minimum atomic E-state index is -1.02. The molecule has 0 heterocycles. The van der Waals surface area contributed by atoms with Crippen molar-refractivity contribution in [3.63, 3.8) is 0 Å². The second-order valence-electron chi connectivity index (χ2n) is 2.61. The molecule has 0 saturated heterocycles. The van der Waals surface area contributed by atoms with Gasteiger partial charge in [0.2, 0.25) is 5.91 Å². The van der Waals surface area contributed by atoms with Crippen molar-refractivity contribution >= 4 is 53.7 Å². The van der Waals surface area contributed by atoms with E-state index < -0.39 is 8.37 Å². The summed E-state index contributed by atoms with van der Waals surface area (Å²) in [6.07, 6.45) is -1.02. The Kier molecular flexibility index (Phi) is 5.29. The van der Waals surface area contributed by atoms with Crippen LogP contribution in [-0.2, 0) is 4.79 Å². The zero-order chi connectivity index (χ0) is 9.94. The summed E-state index contributed by atoms with van der Waals surface area (Å²) >= 11 is 9.27. The van der Waals surface area contributed by atoms with Crippen molar-refractivity contribution in [3.8, 4) is 0 Å². The van der Waals surface area contributed by atoms with Crippen LogP contribution in [0.4, 0.5) is 0 Å². The van der Waals surface area contributed by atoms with E-state index in [1.807, 2.05) is 0 Å². The van der Waals surface area contributed by atoms with Gasteiger partial charge in [0.15, 0.2) is 8.37 Å². The Hall–Kier alpha value is 0.870. The standard InChI is InChI=1S/C6H10Br3NO2/c1-3(2)4(11)10-5(12)6(7,8)9/h3,5,12H,1-2H3,(H,10,11)/t5-/m0/s1. The van der Waals surface area contributed by atoms with Crippen molar-refractivity contribution in [1.82, 2.24) is 5.32 Å². The Labute approximate surface area is 96.7 Å². The minimum Gasteiger partial charge on any atom is -0.370 e. The highest BCUT2D eigenvalue weighted by molar-refractivity contribution is 9.39. The number of rotatable bonds is 2. The molecule has 1 atom stereocenters. The minimum absolute atomic E-state index is 0.144. The number of nitrogens with one attached hydrogen (secondary N) is 1. The number of amides is 1. The molecule has 12 heavy (non-hydrogen) atoms. The highest BCUT2D eigenvalue weighted by atomic mass is 80.0. The molecule has 0 spiro atoms. The van der Waals surface area contributed by atoms with Crippen molar-refractivity contribution in [3.05, 3.63) is 0 Å². The number of halogens is 3. The first-order valence-corrected chi connectivity index (χ1v) is 5.68. The molecule has 72 valence electrons. The van der Waals surface area contributed by atoms with Gasteiger partial charge in [-0.15, -0.1) is 0 Å². The van der Waals surface area contributed by atoms with Crippen LogP contribution in [0.15, 0.2) is 0 Å². The van der Waals surface area contributed by atoms with E-state index in [0.717, 1.165) is 0 Å². The Bertz CT molecular complexity index is 167. The predicted molar refractivity (Wildman–Crippen MR) is 58.5 cm³/mol. The molecule has 0 unspecified atom stereocenters. The summed E-state index contributed by atoms with van der Waals surface area (Å²) < 4.78 is -0.864. The molecule has 6 heteroatoms. The molecule has 0 saturated carbocycles. The molecular weight excluding hydrogens is 358 g/mol. The van der Waals surface area contributed by atoms with Crippen LogP contribution in [0.1, 0.15) is 13.8 Å². The van der Waals surface area contributed by atoms with Gasteiger partial charge in [-0.2, -0.15) is 0 Å². The van der Waals surface area contributed by atoms with Crippen LogP contribution in [0.5, 0.6) is 0 Å². The zero-order valence-corrected chi connectivity index (χ0v) is 11.4. The van der Waals surface area contributed by atoms with Gasteiger partial charge in [0.25, 0.3) is 0 Å². The highest BCUT2D eigenvalue weighted by Gasteiger charge is 2.30. The van der Waals surface area contributed by atoms with Gasteiger partial charge >= 0.3 is 0 Å². The summed E-state index contributed by atoms with van der Waals surface area (Å²) in [5, 5.41) is 11.7. The number of aliphatic hydroxyl groups is 1. The maximum atomic E-state index is 11.1. The topological polar surface area (TPSA) is 49.3 Å². The highest BCUT2D eigenvalue weighted by Crippen LogP contribution is 2.35. The zero-order valence-electron chi connectivity index (χ0n) is 6.64. The van der Waals surface area contributed by atoms with E-state index in [2.05, 4.69) is 53.1 Å². The fraction of sp³-hybridized carbons (Fsp3) is 0.833. The maximum Gasteiger partial charge on any atom is 0.224 e. The first-order chi connectivity index (χ1) is 5.25. The van der Waals surface area contributed by atoms with E-state index in [1.165, 1.54) is 0 Å². The third-order valence-electron chi connectivity index (χ3n) is 1.11. The van der Waals surface area contributed by atoms with Gasteiger partial charge in [0.1, 0.15) is 0 Å². The third kappa shape index (κ3) is 4.79. The van der Waals surface area contributed by atoms with Crippen LogP contribution in [0.2, 0.25) is 0 Å². The second-order valence-corrected chi connectivity index (χ2v) is 9.55. The SMILES string of the molecule is CC(C)C(=O)N[C@@H](O)C(Br)(Br)Br. The maximum absolute atomic E-state index is 11.1. The molecule has 3 nitrogen and oxygen atoms in total. The summed E-state index contributed by atoms with van der Waals surface area (Å²) in [6, 6.07) is 0. The lowest BCUT2D eigenvalue weighted by Gasteiger charge is -2.21. The average Bonchev–Trinajstić information content (AvgIpc) is 1.85. The molecule has 2 N–H and O–H groups in total. The van der Waals surface area contributed by atoms with Crippen molar-refractivity contribution < 1.29 is 9.90 Å². The van der Waals surface area contributed by atoms with Crippen molar-refractivity contribution in [2.24, 2.45) is 5.92 Å². The summed E-state index contributed by atoms with van der Waals surface area (Å²) in [5.41, 5.74) is 0. The van der Waals surface area contributed by atoms with Gasteiger partial charge < -0.3 is 10.4 Å². The monoisotopic (exact) mass is 365 g/mol. The van der Waals surface area contributed by atoms with Crippen LogP contribution in [-0.4, -0.2) is 19.4 Å². The molecule has 0 radical (unpaired) electrons. The molecule has 0 aromatic carbocycles. The predicted octanol–water partition coefficient (Wildman–Crippen LogP) is 1.92. The first kappa shape index (κ1) is 12.9. The van der Waals surface area contributed by atoms with Gasteiger partial charge in [-0.25, -0.2) is 0 Å². The molecule has 0 aliphatic rings. The number of aliphatic hydroxyl groups excluding tert-OH is 1. The number of carbonyl (C=O) groups excluding carboxylic acids is 1. The normalized spacial score (nSPS) is 14.6. The molecule has 0 bridgehead atoms. The fourth-order valence-corrected chi connectivity index (χ4v) is 0.727. The van der Waals surface area contributed by atoms with E-state index in [0.29, 0.717) is 0 Å². The van der Waals surface area contributed by atoms with Gasteiger partial charge in [0, 0.05) is 5.92 Å². The first-order valence-electron chi connectivity index (χ1n) is 3.30. The van der Waals surface area contributed by atoms with Gasteiger partial charge in [-0.1, -0.05) is 61.6 Å². The van der Waals surface area contributed by atoms with Crippen LogP contribution >= 0.6 is 47.8 Å². The van der Waals surface area contributed by atoms with Gasteiger partial charge in [0.05, 0.1) is 0 Å². The molecule has 0 aromatic heterocycles. The smallest absolute Gasteiger partial charge is 0.224 e.